The topological polar surface area (TPSA) is 17.1 Å². The molecule has 0 aromatic carbocycles. The van der Waals surface area contributed by atoms with Crippen molar-refractivity contribution in [3.05, 3.63) is 23.8 Å². The summed E-state index contributed by atoms with van der Waals surface area (Å²) in [5, 5.41) is 0. The fourth-order valence-corrected chi connectivity index (χ4v) is 3.20. The lowest BCUT2D eigenvalue weighted by Gasteiger charge is -2.50. The van der Waals surface area contributed by atoms with E-state index in [4.69, 9.17) is 0 Å². The van der Waals surface area contributed by atoms with E-state index in [0.29, 0.717) is 11.8 Å². The predicted octanol–water partition coefficient (Wildman–Crippen LogP) is 3.66. The minimum atomic E-state index is 0.152. The molecule has 0 unspecified atom stereocenters. The van der Waals surface area contributed by atoms with Crippen molar-refractivity contribution in [1.29, 1.82) is 0 Å². The normalized spacial score (nSPS) is 34.3. The summed E-state index contributed by atoms with van der Waals surface area (Å²) in [7, 11) is 0. The van der Waals surface area contributed by atoms with Crippen LogP contribution in [0.2, 0.25) is 0 Å². The summed E-state index contributed by atoms with van der Waals surface area (Å²) in [6, 6.07) is 0. The summed E-state index contributed by atoms with van der Waals surface area (Å²) in [6.07, 6.45) is 10.4. The molecule has 2 aliphatic carbocycles. The van der Waals surface area contributed by atoms with Crippen molar-refractivity contribution < 1.29 is 4.79 Å². The monoisotopic (exact) mass is 204 g/mol. The Kier molecular flexibility index (Phi) is 2.37. The Labute approximate surface area is 92.3 Å². The van der Waals surface area contributed by atoms with Gasteiger partial charge in [0.1, 0.15) is 0 Å². The molecule has 1 atom stereocenters. The van der Waals surface area contributed by atoms with Crippen LogP contribution in [0.15, 0.2) is 23.8 Å². The van der Waals surface area contributed by atoms with Crippen LogP contribution in [0.3, 0.4) is 0 Å². The zero-order valence-corrected chi connectivity index (χ0v) is 9.97. The molecule has 2 aliphatic rings. The van der Waals surface area contributed by atoms with Crippen LogP contribution >= 0.6 is 0 Å². The minimum Gasteiger partial charge on any atom is -0.295 e. The van der Waals surface area contributed by atoms with Crippen LogP contribution in [0.4, 0.5) is 0 Å². The van der Waals surface area contributed by atoms with Gasteiger partial charge in [0, 0.05) is 11.8 Å². The van der Waals surface area contributed by atoms with E-state index in [0.717, 1.165) is 6.42 Å². The standard InChI is InChI=1S/C14H20O/c1-11-5-4-8-13(2,3)14(11)9-6-12(15)7-10-14/h5-6,9H,4,7-8,10H2,1-3H3/t14-/m1/s1. The van der Waals surface area contributed by atoms with Gasteiger partial charge in [-0.1, -0.05) is 31.6 Å². The first kappa shape index (κ1) is 10.7. The fraction of sp³-hybridized carbons (Fsp3) is 0.643. The molecule has 0 aromatic rings. The van der Waals surface area contributed by atoms with Crippen LogP contribution in [0, 0.1) is 10.8 Å². The summed E-state index contributed by atoms with van der Waals surface area (Å²) >= 11 is 0. The average molecular weight is 204 g/mol. The lowest BCUT2D eigenvalue weighted by atomic mass is 9.54. The molecule has 15 heavy (non-hydrogen) atoms. The summed E-state index contributed by atoms with van der Waals surface area (Å²) in [6.45, 7) is 6.90. The lowest BCUT2D eigenvalue weighted by molar-refractivity contribution is -0.116. The van der Waals surface area contributed by atoms with Gasteiger partial charge >= 0.3 is 0 Å². The first-order valence-corrected chi connectivity index (χ1v) is 5.87. The van der Waals surface area contributed by atoms with Gasteiger partial charge < -0.3 is 0 Å². The van der Waals surface area contributed by atoms with Crippen molar-refractivity contribution in [3.63, 3.8) is 0 Å². The van der Waals surface area contributed by atoms with Gasteiger partial charge in [0.15, 0.2) is 5.78 Å². The lowest BCUT2D eigenvalue weighted by Crippen LogP contribution is -2.41. The molecule has 0 bridgehead atoms. The molecule has 82 valence electrons. The summed E-state index contributed by atoms with van der Waals surface area (Å²) < 4.78 is 0. The van der Waals surface area contributed by atoms with E-state index in [1.807, 2.05) is 0 Å². The minimum absolute atomic E-state index is 0.152. The van der Waals surface area contributed by atoms with Crippen molar-refractivity contribution >= 4 is 5.78 Å². The van der Waals surface area contributed by atoms with Gasteiger partial charge in [-0.05, 0) is 37.7 Å². The van der Waals surface area contributed by atoms with Gasteiger partial charge in [0.25, 0.3) is 0 Å². The van der Waals surface area contributed by atoms with E-state index in [9.17, 15) is 4.79 Å². The van der Waals surface area contributed by atoms with Gasteiger partial charge in [-0.25, -0.2) is 0 Å². The second kappa shape index (κ2) is 3.33. The average Bonchev–Trinajstić information content (AvgIpc) is 2.16. The summed E-state index contributed by atoms with van der Waals surface area (Å²) in [5.41, 5.74) is 1.91. The number of hydrogen-bond acceptors (Lipinski definition) is 1. The van der Waals surface area contributed by atoms with Crippen LogP contribution in [0.5, 0.6) is 0 Å². The van der Waals surface area contributed by atoms with E-state index in [1.165, 1.54) is 18.4 Å². The molecule has 2 rings (SSSR count). The number of carbonyl (C=O) groups is 1. The van der Waals surface area contributed by atoms with Crippen molar-refractivity contribution in [2.75, 3.05) is 0 Å². The Morgan fingerprint density at radius 3 is 2.53 bits per heavy atom. The van der Waals surface area contributed by atoms with E-state index in [-0.39, 0.29) is 11.2 Å². The van der Waals surface area contributed by atoms with Crippen LogP contribution < -0.4 is 0 Å². The predicted molar refractivity (Wildman–Crippen MR) is 62.6 cm³/mol. The maximum atomic E-state index is 11.3. The molecule has 1 heteroatoms. The molecule has 0 aliphatic heterocycles. The number of carbonyl (C=O) groups excluding carboxylic acids is 1. The SMILES string of the molecule is CC1=CCCC(C)(C)[C@@]12C=CC(=O)CC2. The highest BCUT2D eigenvalue weighted by atomic mass is 16.1. The molecule has 1 nitrogen and oxygen atoms in total. The van der Waals surface area contributed by atoms with E-state index < -0.39 is 0 Å². The fourth-order valence-electron chi connectivity index (χ4n) is 3.20. The van der Waals surface area contributed by atoms with E-state index in [2.05, 4.69) is 32.9 Å². The summed E-state index contributed by atoms with van der Waals surface area (Å²) in [5.74, 6) is 0.287. The van der Waals surface area contributed by atoms with Crippen LogP contribution in [0.25, 0.3) is 0 Å². The van der Waals surface area contributed by atoms with Crippen molar-refractivity contribution in [3.8, 4) is 0 Å². The molecular weight excluding hydrogens is 184 g/mol. The van der Waals surface area contributed by atoms with Crippen LogP contribution in [0.1, 0.15) is 46.5 Å². The molecule has 0 fully saturated rings. The first-order chi connectivity index (χ1) is 6.98. The third-order valence-corrected chi connectivity index (χ3v) is 4.45. The Morgan fingerprint density at radius 1 is 1.27 bits per heavy atom. The van der Waals surface area contributed by atoms with Gasteiger partial charge in [0.2, 0.25) is 0 Å². The molecule has 0 amide bonds. The number of rotatable bonds is 0. The second-order valence-electron chi connectivity index (χ2n) is 5.58. The quantitative estimate of drug-likeness (QED) is 0.550. The Morgan fingerprint density at radius 2 is 2.00 bits per heavy atom. The van der Waals surface area contributed by atoms with Gasteiger partial charge in [-0.15, -0.1) is 0 Å². The van der Waals surface area contributed by atoms with Gasteiger partial charge in [-0.3, -0.25) is 4.79 Å². The van der Waals surface area contributed by atoms with Gasteiger partial charge in [-0.2, -0.15) is 0 Å². The Balaban J connectivity index is 2.47. The van der Waals surface area contributed by atoms with E-state index in [1.54, 1.807) is 6.08 Å². The Bertz CT molecular complexity index is 346. The highest BCUT2D eigenvalue weighted by Gasteiger charge is 2.46. The molecule has 1 spiro atoms. The molecular formula is C14H20O. The van der Waals surface area contributed by atoms with Crippen molar-refractivity contribution in [1.82, 2.24) is 0 Å². The second-order valence-corrected chi connectivity index (χ2v) is 5.58. The smallest absolute Gasteiger partial charge is 0.155 e. The molecule has 0 saturated carbocycles. The molecule has 0 saturated heterocycles. The van der Waals surface area contributed by atoms with Crippen LogP contribution in [-0.2, 0) is 4.79 Å². The van der Waals surface area contributed by atoms with E-state index >= 15 is 0 Å². The molecule has 0 N–H and O–H groups in total. The number of allylic oxidation sites excluding steroid dienone is 4. The zero-order valence-electron chi connectivity index (χ0n) is 9.97. The zero-order chi connectivity index (χ0) is 11.1. The van der Waals surface area contributed by atoms with Crippen molar-refractivity contribution in [2.45, 2.75) is 46.5 Å². The maximum Gasteiger partial charge on any atom is 0.155 e. The molecule has 0 radical (unpaired) electrons. The number of hydrogen-bond donors (Lipinski definition) is 0. The summed E-state index contributed by atoms with van der Waals surface area (Å²) in [4.78, 5) is 11.3. The first-order valence-electron chi connectivity index (χ1n) is 5.87. The highest BCUT2D eigenvalue weighted by Crippen LogP contribution is 2.55. The third-order valence-electron chi connectivity index (χ3n) is 4.45. The Hall–Kier alpha value is -0.850. The number of ketones is 1. The third kappa shape index (κ3) is 1.49. The molecule has 0 aromatic heterocycles. The van der Waals surface area contributed by atoms with Crippen LogP contribution in [-0.4, -0.2) is 5.78 Å². The largest absolute Gasteiger partial charge is 0.295 e. The maximum absolute atomic E-state index is 11.3. The highest BCUT2D eigenvalue weighted by molar-refractivity contribution is 5.91. The van der Waals surface area contributed by atoms with Gasteiger partial charge in [0.05, 0.1) is 0 Å². The van der Waals surface area contributed by atoms with Crippen molar-refractivity contribution in [2.24, 2.45) is 10.8 Å². The molecule has 0 heterocycles.